The van der Waals surface area contributed by atoms with Gasteiger partial charge in [-0.2, -0.15) is 0 Å². The molecule has 3 heterocycles. The first kappa shape index (κ1) is 12.3. The van der Waals surface area contributed by atoms with Crippen LogP contribution in [0.3, 0.4) is 0 Å². The highest BCUT2D eigenvalue weighted by Gasteiger charge is 2.09. The molecule has 19 heavy (non-hydrogen) atoms. The van der Waals surface area contributed by atoms with Crippen LogP contribution in [0.5, 0.6) is 0 Å². The normalized spacial score (nSPS) is 10.6. The average molecular weight is 285 g/mol. The summed E-state index contributed by atoms with van der Waals surface area (Å²) in [4.78, 5) is 14.6. The van der Waals surface area contributed by atoms with E-state index in [0.29, 0.717) is 0 Å². The monoisotopic (exact) mass is 285 g/mol. The third kappa shape index (κ3) is 2.67. The second-order valence-electron chi connectivity index (χ2n) is 3.81. The number of nitrogens with zero attached hydrogens (tertiary/aromatic N) is 3. The van der Waals surface area contributed by atoms with Crippen molar-refractivity contribution in [2.75, 3.05) is 6.26 Å². The van der Waals surface area contributed by atoms with Gasteiger partial charge in [0, 0.05) is 6.20 Å². The standard InChI is InChI=1S/C14H11N3S2/c1-18-13-9-11(10-5-2-3-7-15-10)16-14(17-13)12-6-4-8-19-12/h2-9H,1H3. The Bertz CT molecular complexity index is 666. The molecule has 0 N–H and O–H groups in total. The van der Waals surface area contributed by atoms with Gasteiger partial charge in [0.05, 0.1) is 16.3 Å². The van der Waals surface area contributed by atoms with Crippen molar-refractivity contribution in [3.8, 4) is 22.1 Å². The number of aromatic nitrogens is 3. The lowest BCUT2D eigenvalue weighted by Crippen LogP contribution is -1.94. The van der Waals surface area contributed by atoms with Crippen molar-refractivity contribution < 1.29 is 0 Å². The molecule has 3 aromatic heterocycles. The maximum atomic E-state index is 4.62. The van der Waals surface area contributed by atoms with Crippen LogP contribution in [0, 0.1) is 0 Å². The summed E-state index contributed by atoms with van der Waals surface area (Å²) in [6, 6.07) is 11.9. The van der Waals surface area contributed by atoms with E-state index in [9.17, 15) is 0 Å². The maximum Gasteiger partial charge on any atom is 0.171 e. The van der Waals surface area contributed by atoms with Crippen molar-refractivity contribution >= 4 is 23.1 Å². The second-order valence-corrected chi connectivity index (χ2v) is 5.59. The lowest BCUT2D eigenvalue weighted by molar-refractivity contribution is 1.06. The van der Waals surface area contributed by atoms with E-state index in [0.717, 1.165) is 27.1 Å². The van der Waals surface area contributed by atoms with E-state index in [1.165, 1.54) is 0 Å². The number of hydrogen-bond donors (Lipinski definition) is 0. The Morgan fingerprint density at radius 2 is 2.00 bits per heavy atom. The van der Waals surface area contributed by atoms with Gasteiger partial charge in [-0.1, -0.05) is 12.1 Å². The van der Waals surface area contributed by atoms with Gasteiger partial charge in [-0.3, -0.25) is 4.98 Å². The topological polar surface area (TPSA) is 38.7 Å². The Labute approximate surface area is 119 Å². The van der Waals surface area contributed by atoms with E-state index in [1.807, 2.05) is 48.0 Å². The van der Waals surface area contributed by atoms with Crippen LogP contribution in [-0.2, 0) is 0 Å². The third-order valence-corrected chi connectivity index (χ3v) is 4.07. The van der Waals surface area contributed by atoms with Crippen LogP contribution in [0.2, 0.25) is 0 Å². The Morgan fingerprint density at radius 3 is 2.68 bits per heavy atom. The molecule has 0 aliphatic heterocycles. The molecule has 0 bridgehead atoms. The van der Waals surface area contributed by atoms with Crippen molar-refractivity contribution in [3.05, 3.63) is 48.0 Å². The smallest absolute Gasteiger partial charge is 0.171 e. The van der Waals surface area contributed by atoms with Gasteiger partial charge in [-0.15, -0.1) is 23.1 Å². The molecule has 0 amide bonds. The molecule has 5 heteroatoms. The first-order valence-electron chi connectivity index (χ1n) is 5.75. The van der Waals surface area contributed by atoms with Crippen LogP contribution in [0.15, 0.2) is 53.0 Å². The van der Waals surface area contributed by atoms with E-state index < -0.39 is 0 Å². The molecule has 0 aliphatic rings. The molecule has 3 rings (SSSR count). The van der Waals surface area contributed by atoms with Crippen molar-refractivity contribution in [2.45, 2.75) is 5.03 Å². The van der Waals surface area contributed by atoms with Crippen molar-refractivity contribution in [3.63, 3.8) is 0 Å². The third-order valence-electron chi connectivity index (χ3n) is 2.58. The van der Waals surface area contributed by atoms with Gasteiger partial charge in [0.25, 0.3) is 0 Å². The van der Waals surface area contributed by atoms with Crippen LogP contribution in [-0.4, -0.2) is 21.2 Å². The summed E-state index contributed by atoms with van der Waals surface area (Å²) in [5.41, 5.74) is 1.74. The van der Waals surface area contributed by atoms with Crippen molar-refractivity contribution in [1.29, 1.82) is 0 Å². The number of pyridine rings is 1. The summed E-state index contributed by atoms with van der Waals surface area (Å²) in [6.45, 7) is 0. The molecule has 0 unspecified atom stereocenters. The molecular formula is C14H11N3S2. The molecule has 0 fully saturated rings. The number of thiophene rings is 1. The predicted octanol–water partition coefficient (Wildman–Crippen LogP) is 3.99. The van der Waals surface area contributed by atoms with E-state index in [4.69, 9.17) is 0 Å². The number of thioether (sulfide) groups is 1. The minimum atomic E-state index is 0.766. The van der Waals surface area contributed by atoms with Crippen LogP contribution >= 0.6 is 23.1 Å². The molecule has 0 atom stereocenters. The first-order valence-corrected chi connectivity index (χ1v) is 7.85. The highest BCUT2D eigenvalue weighted by atomic mass is 32.2. The lowest BCUT2D eigenvalue weighted by Gasteiger charge is -2.05. The van der Waals surface area contributed by atoms with Crippen molar-refractivity contribution in [2.24, 2.45) is 0 Å². The highest BCUT2D eigenvalue weighted by molar-refractivity contribution is 7.98. The summed E-state index contributed by atoms with van der Waals surface area (Å²) in [7, 11) is 0. The fraction of sp³-hybridized carbons (Fsp3) is 0.0714. The van der Waals surface area contributed by atoms with Crippen LogP contribution in [0.25, 0.3) is 22.1 Å². The summed E-state index contributed by atoms with van der Waals surface area (Å²) in [5, 5.41) is 2.99. The molecule has 0 saturated carbocycles. The molecule has 0 aliphatic carbocycles. The number of rotatable bonds is 3. The summed E-state index contributed by atoms with van der Waals surface area (Å²) >= 11 is 3.26. The highest BCUT2D eigenvalue weighted by Crippen LogP contribution is 2.27. The molecule has 0 saturated heterocycles. The summed E-state index contributed by atoms with van der Waals surface area (Å²) in [5.74, 6) is 0.766. The maximum absolute atomic E-state index is 4.62. The van der Waals surface area contributed by atoms with Gasteiger partial charge in [-0.25, -0.2) is 9.97 Å². The molecule has 0 aromatic carbocycles. The zero-order valence-electron chi connectivity index (χ0n) is 10.3. The molecule has 3 aromatic rings. The largest absolute Gasteiger partial charge is 0.255 e. The fourth-order valence-corrected chi connectivity index (χ4v) is 2.76. The van der Waals surface area contributed by atoms with Crippen LogP contribution < -0.4 is 0 Å². The zero-order chi connectivity index (χ0) is 13.1. The van der Waals surface area contributed by atoms with Gasteiger partial charge < -0.3 is 0 Å². The van der Waals surface area contributed by atoms with Gasteiger partial charge >= 0.3 is 0 Å². The van der Waals surface area contributed by atoms with E-state index in [2.05, 4.69) is 15.0 Å². The summed E-state index contributed by atoms with van der Waals surface area (Å²) in [6.07, 6.45) is 3.80. The molecular weight excluding hydrogens is 274 g/mol. The Hall–Kier alpha value is -1.72. The second kappa shape index (κ2) is 5.50. The Balaban J connectivity index is 2.13. The Morgan fingerprint density at radius 1 is 1.05 bits per heavy atom. The van der Waals surface area contributed by atoms with Gasteiger partial charge in [0.15, 0.2) is 5.82 Å². The minimum Gasteiger partial charge on any atom is -0.255 e. The number of hydrogen-bond acceptors (Lipinski definition) is 5. The van der Waals surface area contributed by atoms with E-state index in [-0.39, 0.29) is 0 Å². The van der Waals surface area contributed by atoms with Crippen molar-refractivity contribution in [1.82, 2.24) is 15.0 Å². The fourth-order valence-electron chi connectivity index (χ4n) is 1.69. The van der Waals surface area contributed by atoms with Gasteiger partial charge in [0.1, 0.15) is 5.03 Å². The van der Waals surface area contributed by atoms with Gasteiger partial charge in [0.2, 0.25) is 0 Å². The quantitative estimate of drug-likeness (QED) is 0.539. The first-order chi connectivity index (χ1) is 9.36. The molecule has 94 valence electrons. The van der Waals surface area contributed by atoms with Crippen LogP contribution in [0.1, 0.15) is 0 Å². The zero-order valence-corrected chi connectivity index (χ0v) is 11.9. The van der Waals surface area contributed by atoms with Crippen LogP contribution in [0.4, 0.5) is 0 Å². The minimum absolute atomic E-state index is 0.766. The lowest BCUT2D eigenvalue weighted by atomic mass is 10.2. The van der Waals surface area contributed by atoms with E-state index >= 15 is 0 Å². The molecule has 3 nitrogen and oxygen atoms in total. The molecule has 0 spiro atoms. The SMILES string of the molecule is CSc1cc(-c2ccccn2)nc(-c2cccs2)n1. The van der Waals surface area contributed by atoms with E-state index in [1.54, 1.807) is 29.3 Å². The summed E-state index contributed by atoms with van der Waals surface area (Å²) < 4.78 is 0. The predicted molar refractivity (Wildman–Crippen MR) is 80.4 cm³/mol. The Kier molecular flexibility index (Phi) is 3.57. The van der Waals surface area contributed by atoms with Gasteiger partial charge in [-0.05, 0) is 35.9 Å². The average Bonchev–Trinajstić information content (AvgIpc) is 3.02. The molecule has 0 radical (unpaired) electrons.